The molecule has 0 saturated carbocycles. The van der Waals surface area contributed by atoms with Gasteiger partial charge in [0.05, 0.1) is 12.7 Å². The fourth-order valence-corrected chi connectivity index (χ4v) is 2.97. The summed E-state index contributed by atoms with van der Waals surface area (Å²) in [5, 5.41) is 10.1. The van der Waals surface area contributed by atoms with E-state index in [2.05, 4.69) is 32.7 Å². The van der Waals surface area contributed by atoms with Crippen molar-refractivity contribution in [1.82, 2.24) is 30.1 Å². The summed E-state index contributed by atoms with van der Waals surface area (Å²) in [5.74, 6) is -0.794. The lowest BCUT2D eigenvalue weighted by Gasteiger charge is -2.36. The zero-order valence-electron chi connectivity index (χ0n) is 16.6. The summed E-state index contributed by atoms with van der Waals surface area (Å²) < 4.78 is 1.29. The molecule has 1 aliphatic heterocycles. The number of nitrogens with one attached hydrogen (secondary N) is 1. The maximum atomic E-state index is 12.4. The Bertz CT molecular complexity index is 858. The summed E-state index contributed by atoms with van der Waals surface area (Å²) in [4.78, 5) is 41.7. The summed E-state index contributed by atoms with van der Waals surface area (Å²) in [7, 11) is 3.27. The number of para-hydroxylation sites is 1. The second-order valence-corrected chi connectivity index (χ2v) is 6.98. The third kappa shape index (κ3) is 5.31. The third-order valence-electron chi connectivity index (χ3n) is 4.72. The molecule has 2 heterocycles. The summed E-state index contributed by atoms with van der Waals surface area (Å²) >= 11 is 0. The molecule has 10 nitrogen and oxygen atoms in total. The minimum absolute atomic E-state index is 0.00208. The first-order valence-corrected chi connectivity index (χ1v) is 9.40. The molecule has 154 valence electrons. The molecule has 0 bridgehead atoms. The van der Waals surface area contributed by atoms with Gasteiger partial charge in [0.1, 0.15) is 6.54 Å². The van der Waals surface area contributed by atoms with Gasteiger partial charge in [0.2, 0.25) is 11.8 Å². The number of hydrogen-bond donors (Lipinski definition) is 1. The maximum absolute atomic E-state index is 12.4. The van der Waals surface area contributed by atoms with Gasteiger partial charge < -0.3 is 20.0 Å². The molecule has 3 amide bonds. The molecular weight excluding hydrogens is 374 g/mol. The summed E-state index contributed by atoms with van der Waals surface area (Å²) in [6.07, 6.45) is 1.39. The van der Waals surface area contributed by atoms with E-state index in [9.17, 15) is 14.4 Å². The Morgan fingerprint density at radius 1 is 1.07 bits per heavy atom. The summed E-state index contributed by atoms with van der Waals surface area (Å²) in [6.45, 7) is 2.60. The third-order valence-corrected chi connectivity index (χ3v) is 4.72. The van der Waals surface area contributed by atoms with Gasteiger partial charge in [-0.05, 0) is 12.1 Å². The van der Waals surface area contributed by atoms with Crippen molar-refractivity contribution in [3.63, 3.8) is 0 Å². The Balaban J connectivity index is 1.44. The molecule has 2 aromatic rings. The first-order valence-electron chi connectivity index (χ1n) is 9.40. The lowest BCUT2D eigenvalue weighted by molar-refractivity contribution is -0.130. The van der Waals surface area contributed by atoms with Crippen LogP contribution in [-0.2, 0) is 16.1 Å². The van der Waals surface area contributed by atoms with Crippen molar-refractivity contribution >= 4 is 23.4 Å². The van der Waals surface area contributed by atoms with Crippen molar-refractivity contribution < 1.29 is 14.4 Å². The second-order valence-electron chi connectivity index (χ2n) is 6.98. The normalized spacial score (nSPS) is 13.9. The van der Waals surface area contributed by atoms with E-state index < -0.39 is 5.91 Å². The highest BCUT2D eigenvalue weighted by Crippen LogP contribution is 2.15. The van der Waals surface area contributed by atoms with Gasteiger partial charge in [0, 0.05) is 46.0 Å². The lowest BCUT2D eigenvalue weighted by atomic mass is 10.2. The van der Waals surface area contributed by atoms with Crippen molar-refractivity contribution in [3.8, 4) is 0 Å². The van der Waals surface area contributed by atoms with Crippen LogP contribution in [0.2, 0.25) is 0 Å². The quantitative estimate of drug-likeness (QED) is 0.699. The molecular formula is C19H25N7O3. The van der Waals surface area contributed by atoms with Gasteiger partial charge in [0.15, 0.2) is 5.69 Å². The second kappa shape index (κ2) is 9.18. The van der Waals surface area contributed by atoms with Crippen LogP contribution < -0.4 is 10.2 Å². The topological polar surface area (TPSA) is 104 Å². The van der Waals surface area contributed by atoms with E-state index in [1.165, 1.54) is 15.8 Å². The van der Waals surface area contributed by atoms with Crippen LogP contribution in [0.3, 0.4) is 0 Å². The van der Waals surface area contributed by atoms with Crippen LogP contribution in [0.15, 0.2) is 36.5 Å². The van der Waals surface area contributed by atoms with Gasteiger partial charge in [-0.3, -0.25) is 14.4 Å². The molecule has 1 saturated heterocycles. The first-order chi connectivity index (χ1) is 13.9. The van der Waals surface area contributed by atoms with Gasteiger partial charge in [-0.25, -0.2) is 4.68 Å². The fraction of sp³-hybridized carbons (Fsp3) is 0.421. The molecule has 1 fully saturated rings. The Hall–Kier alpha value is -3.43. The maximum Gasteiger partial charge on any atom is 0.273 e. The molecule has 0 atom stereocenters. The van der Waals surface area contributed by atoms with Gasteiger partial charge >= 0.3 is 0 Å². The van der Waals surface area contributed by atoms with E-state index in [4.69, 9.17) is 0 Å². The Labute approximate surface area is 169 Å². The van der Waals surface area contributed by atoms with Crippen LogP contribution in [0.25, 0.3) is 0 Å². The average molecular weight is 399 g/mol. The Morgan fingerprint density at radius 2 is 1.76 bits per heavy atom. The van der Waals surface area contributed by atoms with Crippen molar-refractivity contribution in [2.24, 2.45) is 0 Å². The van der Waals surface area contributed by atoms with Crippen molar-refractivity contribution in [1.29, 1.82) is 0 Å². The molecule has 1 aromatic heterocycles. The molecule has 1 N–H and O–H groups in total. The van der Waals surface area contributed by atoms with Crippen LogP contribution in [0.4, 0.5) is 5.69 Å². The predicted molar refractivity (Wildman–Crippen MR) is 106 cm³/mol. The molecule has 0 unspecified atom stereocenters. The van der Waals surface area contributed by atoms with Crippen LogP contribution in [-0.4, -0.2) is 89.3 Å². The Morgan fingerprint density at radius 3 is 2.41 bits per heavy atom. The number of hydrogen-bond acceptors (Lipinski definition) is 6. The molecule has 0 spiro atoms. The van der Waals surface area contributed by atoms with E-state index in [0.717, 1.165) is 18.8 Å². The molecule has 29 heavy (non-hydrogen) atoms. The first kappa shape index (κ1) is 20.3. The molecule has 3 rings (SSSR count). The number of benzene rings is 1. The van der Waals surface area contributed by atoms with E-state index in [1.54, 1.807) is 19.0 Å². The highest BCUT2D eigenvalue weighted by Gasteiger charge is 2.22. The van der Waals surface area contributed by atoms with Crippen LogP contribution in [0.5, 0.6) is 0 Å². The standard InChI is InChI=1S/C19H25N7O3/c1-23(2)18(28)14-26-13-16(21-22-26)19(29)20-12-17(27)25-10-8-24(9-11-25)15-6-4-3-5-7-15/h3-7,13H,8-12,14H2,1-2H3,(H,20,29). The van der Waals surface area contributed by atoms with Crippen LogP contribution >= 0.6 is 0 Å². The van der Waals surface area contributed by atoms with Crippen molar-refractivity contribution in [2.45, 2.75) is 6.54 Å². The van der Waals surface area contributed by atoms with Crippen LogP contribution in [0, 0.1) is 0 Å². The van der Waals surface area contributed by atoms with E-state index in [0.29, 0.717) is 13.1 Å². The zero-order valence-corrected chi connectivity index (χ0v) is 16.6. The number of nitrogens with zero attached hydrogens (tertiary/aromatic N) is 6. The van der Waals surface area contributed by atoms with Crippen LogP contribution in [0.1, 0.15) is 10.5 Å². The minimum atomic E-state index is -0.496. The average Bonchev–Trinajstić information content (AvgIpc) is 3.21. The van der Waals surface area contributed by atoms with Gasteiger partial charge in [-0.15, -0.1) is 5.10 Å². The number of piperazine rings is 1. The summed E-state index contributed by atoms with van der Waals surface area (Å²) in [6, 6.07) is 10.1. The fourth-order valence-electron chi connectivity index (χ4n) is 2.97. The SMILES string of the molecule is CN(C)C(=O)Cn1cc(C(=O)NCC(=O)N2CCN(c3ccccc3)CC2)nn1. The number of carbonyl (C=O) groups is 3. The highest BCUT2D eigenvalue weighted by atomic mass is 16.2. The van der Waals surface area contributed by atoms with Crippen molar-refractivity contribution in [3.05, 3.63) is 42.2 Å². The highest BCUT2D eigenvalue weighted by molar-refractivity contribution is 5.94. The number of likely N-dealkylation sites (N-methyl/N-ethyl adjacent to an activating group) is 1. The summed E-state index contributed by atoms with van der Waals surface area (Å²) in [5.41, 5.74) is 1.21. The molecule has 10 heteroatoms. The lowest BCUT2D eigenvalue weighted by Crippen LogP contribution is -2.51. The molecule has 1 aliphatic rings. The van der Waals surface area contributed by atoms with Gasteiger partial charge in [-0.1, -0.05) is 23.4 Å². The van der Waals surface area contributed by atoms with E-state index >= 15 is 0 Å². The van der Waals surface area contributed by atoms with E-state index in [1.807, 2.05) is 18.2 Å². The van der Waals surface area contributed by atoms with E-state index in [-0.39, 0.29) is 30.6 Å². The predicted octanol–water partition coefficient (Wildman–Crippen LogP) is -0.555. The molecule has 0 radical (unpaired) electrons. The van der Waals surface area contributed by atoms with Crippen molar-refractivity contribution in [2.75, 3.05) is 51.7 Å². The Kier molecular flexibility index (Phi) is 6.43. The minimum Gasteiger partial charge on any atom is -0.368 e. The monoisotopic (exact) mass is 399 g/mol. The zero-order chi connectivity index (χ0) is 20.8. The van der Waals surface area contributed by atoms with Gasteiger partial charge in [0.25, 0.3) is 5.91 Å². The number of anilines is 1. The number of carbonyl (C=O) groups excluding carboxylic acids is 3. The number of rotatable bonds is 6. The number of amides is 3. The largest absolute Gasteiger partial charge is 0.368 e. The number of aromatic nitrogens is 3. The van der Waals surface area contributed by atoms with Gasteiger partial charge in [-0.2, -0.15) is 0 Å². The molecule has 0 aliphatic carbocycles. The molecule has 1 aromatic carbocycles. The smallest absolute Gasteiger partial charge is 0.273 e.